The standard InChI is InChI=1S/C38H44FN3O4.C2H6/c1-6-29(23-34(28(5)43)40-26(3)11-10-25(2)36(44)41-18-20-46-21-19-41)32-8-7-9-35(27(32)4)42-17-14-30-22-31(38(24-39)15-16-38)12-13-33(30)37(42)45;1-2/h6-13,22-23,40H,14-21,24H2,1-5H3;1-2H3/b25-10+,26-11+,29-6+,34-23+;. The van der Waals surface area contributed by atoms with Crippen molar-refractivity contribution in [1.29, 1.82) is 0 Å². The number of nitrogens with zero attached hydrogens (tertiary/aromatic N) is 2. The van der Waals surface area contributed by atoms with Gasteiger partial charge in [0.05, 0.1) is 25.6 Å². The first-order chi connectivity index (χ1) is 23.1. The number of Topliss-reactive ketones (excluding diaryl/α,β-unsaturated/α-hetero) is 1. The second-order valence-corrected chi connectivity index (χ2v) is 12.5. The van der Waals surface area contributed by atoms with Crippen molar-refractivity contribution >= 4 is 28.9 Å². The maximum Gasteiger partial charge on any atom is 0.258 e. The lowest BCUT2D eigenvalue weighted by Gasteiger charge is -2.31. The van der Waals surface area contributed by atoms with Crippen molar-refractivity contribution in [2.45, 2.75) is 73.1 Å². The van der Waals surface area contributed by atoms with Crippen molar-refractivity contribution in [3.63, 3.8) is 0 Å². The van der Waals surface area contributed by atoms with Gasteiger partial charge in [0.15, 0.2) is 5.78 Å². The molecule has 1 saturated carbocycles. The number of alkyl halides is 1. The molecular weight excluding hydrogens is 605 g/mol. The molecule has 256 valence electrons. The fourth-order valence-corrected chi connectivity index (χ4v) is 6.22. The van der Waals surface area contributed by atoms with Gasteiger partial charge in [-0.1, -0.05) is 50.3 Å². The van der Waals surface area contributed by atoms with E-state index in [1.165, 1.54) is 6.92 Å². The van der Waals surface area contributed by atoms with Crippen LogP contribution in [0.4, 0.5) is 10.1 Å². The fourth-order valence-electron chi connectivity index (χ4n) is 6.22. The number of allylic oxidation sites excluding steroid dienone is 7. The molecule has 48 heavy (non-hydrogen) atoms. The van der Waals surface area contributed by atoms with Gasteiger partial charge in [0.1, 0.15) is 0 Å². The molecule has 2 aliphatic heterocycles. The highest BCUT2D eigenvalue weighted by molar-refractivity contribution is 6.09. The molecule has 8 heteroatoms. The number of ketones is 1. The molecule has 7 nitrogen and oxygen atoms in total. The summed E-state index contributed by atoms with van der Waals surface area (Å²) in [5, 5.41) is 3.22. The van der Waals surface area contributed by atoms with Gasteiger partial charge in [-0.15, -0.1) is 0 Å². The Hall–Kier alpha value is -4.30. The predicted molar refractivity (Wildman–Crippen MR) is 192 cm³/mol. The third-order valence-corrected chi connectivity index (χ3v) is 9.36. The molecule has 0 bridgehead atoms. The number of benzene rings is 2. The summed E-state index contributed by atoms with van der Waals surface area (Å²) in [5.41, 5.74) is 7.57. The highest BCUT2D eigenvalue weighted by atomic mass is 19.1. The topological polar surface area (TPSA) is 79.0 Å². The molecule has 3 aliphatic rings. The van der Waals surface area contributed by atoms with Crippen LogP contribution in [0.25, 0.3) is 5.57 Å². The number of carbonyl (C=O) groups is 3. The minimum absolute atomic E-state index is 0.0230. The summed E-state index contributed by atoms with van der Waals surface area (Å²) in [5.74, 6) is -0.211. The third-order valence-electron chi connectivity index (χ3n) is 9.36. The Morgan fingerprint density at radius 1 is 1.02 bits per heavy atom. The largest absolute Gasteiger partial charge is 0.378 e. The maximum absolute atomic E-state index is 13.7. The highest BCUT2D eigenvalue weighted by Gasteiger charge is 2.45. The van der Waals surface area contributed by atoms with Gasteiger partial charge in [-0.25, -0.2) is 0 Å². The smallest absolute Gasteiger partial charge is 0.258 e. The van der Waals surface area contributed by atoms with Crippen LogP contribution in [0.15, 0.2) is 77.7 Å². The van der Waals surface area contributed by atoms with Crippen molar-refractivity contribution in [2.24, 2.45) is 0 Å². The normalized spacial score (nSPS) is 18.1. The van der Waals surface area contributed by atoms with E-state index in [2.05, 4.69) is 5.32 Å². The molecular formula is C40H50FN3O4. The Kier molecular flexibility index (Phi) is 12.3. The molecule has 0 aromatic heterocycles. The van der Waals surface area contributed by atoms with E-state index in [4.69, 9.17) is 4.74 Å². The van der Waals surface area contributed by atoms with Crippen molar-refractivity contribution < 1.29 is 23.5 Å². The number of amides is 2. The molecule has 0 radical (unpaired) electrons. The van der Waals surface area contributed by atoms with Crippen molar-refractivity contribution in [1.82, 2.24) is 10.2 Å². The summed E-state index contributed by atoms with van der Waals surface area (Å²) in [6.07, 6.45) is 9.77. The first kappa shape index (κ1) is 36.5. The van der Waals surface area contributed by atoms with Gasteiger partial charge in [-0.3, -0.25) is 18.8 Å². The minimum Gasteiger partial charge on any atom is -0.378 e. The number of hydrogen-bond donors (Lipinski definition) is 1. The number of morpholine rings is 1. The van der Waals surface area contributed by atoms with Crippen LogP contribution in [-0.4, -0.2) is 62.0 Å². The highest BCUT2D eigenvalue weighted by Crippen LogP contribution is 2.49. The van der Waals surface area contributed by atoms with E-state index in [1.54, 1.807) is 24.0 Å². The summed E-state index contributed by atoms with van der Waals surface area (Å²) in [4.78, 5) is 42.8. The number of fused-ring (bicyclic) bond motifs is 1. The van der Waals surface area contributed by atoms with Crippen LogP contribution < -0.4 is 10.2 Å². The third kappa shape index (κ3) is 8.04. The summed E-state index contributed by atoms with van der Waals surface area (Å²) >= 11 is 0. The molecule has 1 N–H and O–H groups in total. The molecule has 5 rings (SSSR count). The van der Waals surface area contributed by atoms with E-state index in [0.717, 1.165) is 52.1 Å². The Morgan fingerprint density at radius 2 is 1.73 bits per heavy atom. The van der Waals surface area contributed by atoms with Gasteiger partial charge in [0.2, 0.25) is 5.91 Å². The molecule has 1 saturated heterocycles. The predicted octanol–water partition coefficient (Wildman–Crippen LogP) is 7.40. The lowest BCUT2D eigenvalue weighted by Crippen LogP contribution is -2.41. The molecule has 2 aromatic carbocycles. The van der Waals surface area contributed by atoms with Crippen LogP contribution in [0.1, 0.15) is 87.0 Å². The van der Waals surface area contributed by atoms with Gasteiger partial charge in [0, 0.05) is 54.5 Å². The first-order valence-electron chi connectivity index (χ1n) is 17.1. The monoisotopic (exact) mass is 655 g/mol. The van der Waals surface area contributed by atoms with Gasteiger partial charge < -0.3 is 19.9 Å². The number of hydrogen-bond acceptors (Lipinski definition) is 5. The van der Waals surface area contributed by atoms with Crippen LogP contribution in [0, 0.1) is 6.92 Å². The van der Waals surface area contributed by atoms with Crippen molar-refractivity contribution in [3.8, 4) is 0 Å². The number of halogens is 1. The second-order valence-electron chi connectivity index (χ2n) is 12.5. The number of anilines is 1. The lowest BCUT2D eigenvalue weighted by atomic mass is 9.89. The van der Waals surface area contributed by atoms with Crippen molar-refractivity contribution in [3.05, 3.63) is 105 Å². The van der Waals surface area contributed by atoms with Crippen molar-refractivity contribution in [2.75, 3.05) is 44.4 Å². The zero-order chi connectivity index (χ0) is 35.0. The maximum atomic E-state index is 13.7. The Labute approximate surface area is 285 Å². The van der Waals surface area contributed by atoms with Crippen LogP contribution >= 0.6 is 0 Å². The van der Waals surface area contributed by atoms with Gasteiger partial charge in [-0.2, -0.15) is 0 Å². The summed E-state index contributed by atoms with van der Waals surface area (Å²) in [6, 6.07) is 11.7. The van der Waals surface area contributed by atoms with E-state index in [-0.39, 0.29) is 29.7 Å². The molecule has 2 heterocycles. The number of nitrogens with one attached hydrogen (secondary N) is 1. The summed E-state index contributed by atoms with van der Waals surface area (Å²) in [6.45, 7) is 15.5. The molecule has 0 spiro atoms. The minimum atomic E-state index is -0.358. The average Bonchev–Trinajstić information content (AvgIpc) is 3.92. The van der Waals surface area contributed by atoms with Crippen LogP contribution in [0.2, 0.25) is 0 Å². The summed E-state index contributed by atoms with van der Waals surface area (Å²) < 4.78 is 19.0. The van der Waals surface area contributed by atoms with Crippen LogP contribution in [-0.2, 0) is 26.2 Å². The van der Waals surface area contributed by atoms with E-state index >= 15 is 0 Å². The Bertz CT molecular complexity index is 1660. The Morgan fingerprint density at radius 3 is 2.35 bits per heavy atom. The lowest BCUT2D eigenvalue weighted by molar-refractivity contribution is -0.131. The van der Waals surface area contributed by atoms with E-state index in [1.807, 2.05) is 88.1 Å². The van der Waals surface area contributed by atoms with Crippen LogP contribution in [0.5, 0.6) is 0 Å². The first-order valence-corrected chi connectivity index (χ1v) is 17.1. The zero-order valence-corrected chi connectivity index (χ0v) is 29.5. The number of ether oxygens (including phenoxy) is 1. The van der Waals surface area contributed by atoms with Gasteiger partial charge in [-0.05, 0) is 99.1 Å². The van der Waals surface area contributed by atoms with Crippen LogP contribution in [0.3, 0.4) is 0 Å². The molecule has 2 amide bonds. The molecule has 0 unspecified atom stereocenters. The molecule has 1 aliphatic carbocycles. The molecule has 2 aromatic rings. The summed E-state index contributed by atoms with van der Waals surface area (Å²) in [7, 11) is 0. The van der Waals surface area contributed by atoms with E-state index < -0.39 is 0 Å². The number of carbonyl (C=O) groups excluding carboxylic acids is 3. The van der Waals surface area contributed by atoms with E-state index in [0.29, 0.717) is 56.1 Å². The van der Waals surface area contributed by atoms with Gasteiger partial charge >= 0.3 is 0 Å². The number of rotatable bonds is 10. The fraction of sp³-hybridized carbons (Fsp3) is 0.425. The average molecular weight is 656 g/mol. The second kappa shape index (κ2) is 16.2. The zero-order valence-electron chi connectivity index (χ0n) is 29.5. The molecule has 2 fully saturated rings. The molecule has 0 atom stereocenters. The quantitative estimate of drug-likeness (QED) is 0.213. The van der Waals surface area contributed by atoms with Gasteiger partial charge in [0.25, 0.3) is 5.91 Å². The SMILES string of the molecule is C/C=C(\C=C(\N/C(C)=C/C=C(\C)C(=O)N1CCOCC1)C(C)=O)c1cccc(N2CCc3cc(C4(CF)CC4)ccc3C2=O)c1C.CC. The van der Waals surface area contributed by atoms with E-state index in [9.17, 15) is 18.8 Å². The Balaban J connectivity index is 0.00000255.